The number of nitrogens with zero attached hydrogens (tertiary/aromatic N) is 2. The van der Waals surface area contributed by atoms with Crippen LogP contribution in [0.1, 0.15) is 31.4 Å². The van der Waals surface area contributed by atoms with E-state index in [-0.39, 0.29) is 5.82 Å². The monoisotopic (exact) mass is 257 g/mol. The van der Waals surface area contributed by atoms with E-state index in [1.165, 1.54) is 25.0 Å². The smallest absolute Gasteiger partial charge is 0.161 e. The van der Waals surface area contributed by atoms with E-state index in [0.29, 0.717) is 11.7 Å². The van der Waals surface area contributed by atoms with Gasteiger partial charge in [0.25, 0.3) is 0 Å². The van der Waals surface area contributed by atoms with E-state index < -0.39 is 0 Å². The molecule has 0 aliphatic heterocycles. The Bertz CT molecular complexity index is 576. The van der Waals surface area contributed by atoms with Crippen LogP contribution in [0, 0.1) is 5.82 Å². The first-order valence-electron chi connectivity index (χ1n) is 6.65. The molecule has 2 aromatic rings. The van der Waals surface area contributed by atoms with Crippen molar-refractivity contribution in [2.45, 2.75) is 25.7 Å². The van der Waals surface area contributed by atoms with Crippen molar-refractivity contribution in [2.24, 2.45) is 0 Å². The summed E-state index contributed by atoms with van der Waals surface area (Å²) in [5.41, 5.74) is 1.94. The summed E-state index contributed by atoms with van der Waals surface area (Å²) in [4.78, 5) is 9.09. The van der Waals surface area contributed by atoms with Crippen LogP contribution in [0.3, 0.4) is 0 Å². The summed E-state index contributed by atoms with van der Waals surface area (Å²) in [5.74, 6) is 1.84. The standard InChI is InChI=1S/C15H16FN3/c1-2-17-14-9-13(10-3-4-10)18-15(19-14)11-5-7-12(16)8-6-11/h5-10H,2-4H2,1H3,(H,17,18,19). The molecule has 0 unspecified atom stereocenters. The van der Waals surface area contributed by atoms with Crippen LogP contribution < -0.4 is 5.32 Å². The van der Waals surface area contributed by atoms with Gasteiger partial charge in [-0.05, 0) is 44.0 Å². The lowest BCUT2D eigenvalue weighted by Gasteiger charge is -2.08. The van der Waals surface area contributed by atoms with Crippen LogP contribution in [0.5, 0.6) is 0 Å². The third-order valence-corrected chi connectivity index (χ3v) is 3.20. The quantitative estimate of drug-likeness (QED) is 0.909. The lowest BCUT2D eigenvalue weighted by Crippen LogP contribution is -2.03. The molecule has 0 spiro atoms. The van der Waals surface area contributed by atoms with Crippen molar-refractivity contribution in [2.75, 3.05) is 11.9 Å². The Balaban J connectivity index is 2.01. The summed E-state index contributed by atoms with van der Waals surface area (Å²) < 4.78 is 13.0. The van der Waals surface area contributed by atoms with Gasteiger partial charge in [0.1, 0.15) is 11.6 Å². The largest absolute Gasteiger partial charge is 0.370 e. The fourth-order valence-corrected chi connectivity index (χ4v) is 2.05. The molecule has 1 aromatic heterocycles. The first-order chi connectivity index (χ1) is 9.26. The van der Waals surface area contributed by atoms with Gasteiger partial charge in [-0.15, -0.1) is 0 Å². The fraction of sp³-hybridized carbons (Fsp3) is 0.333. The molecule has 1 N–H and O–H groups in total. The van der Waals surface area contributed by atoms with Gasteiger partial charge < -0.3 is 5.32 Å². The average Bonchev–Trinajstić information content (AvgIpc) is 3.24. The predicted octanol–water partition coefficient (Wildman–Crippen LogP) is 3.59. The molecule has 0 atom stereocenters. The molecule has 3 nitrogen and oxygen atoms in total. The molecule has 0 saturated heterocycles. The van der Waals surface area contributed by atoms with E-state index in [1.807, 2.05) is 13.0 Å². The molecule has 1 aliphatic carbocycles. The van der Waals surface area contributed by atoms with Crippen molar-refractivity contribution in [1.29, 1.82) is 0 Å². The fourth-order valence-electron chi connectivity index (χ4n) is 2.05. The van der Waals surface area contributed by atoms with Crippen LogP contribution in [-0.4, -0.2) is 16.5 Å². The van der Waals surface area contributed by atoms with Gasteiger partial charge in [0.15, 0.2) is 5.82 Å². The molecule has 1 aliphatic rings. The zero-order valence-electron chi connectivity index (χ0n) is 10.9. The zero-order chi connectivity index (χ0) is 13.2. The minimum absolute atomic E-state index is 0.242. The van der Waals surface area contributed by atoms with Crippen molar-refractivity contribution in [3.05, 3.63) is 41.8 Å². The number of aromatic nitrogens is 2. The first-order valence-corrected chi connectivity index (χ1v) is 6.65. The molecule has 4 heteroatoms. The van der Waals surface area contributed by atoms with Crippen molar-refractivity contribution < 1.29 is 4.39 Å². The van der Waals surface area contributed by atoms with E-state index in [9.17, 15) is 4.39 Å². The Morgan fingerprint density at radius 2 is 1.95 bits per heavy atom. The van der Waals surface area contributed by atoms with Gasteiger partial charge in [0.2, 0.25) is 0 Å². The Labute approximate surface area is 111 Å². The van der Waals surface area contributed by atoms with E-state index in [0.717, 1.165) is 23.6 Å². The highest BCUT2D eigenvalue weighted by atomic mass is 19.1. The van der Waals surface area contributed by atoms with Crippen LogP contribution >= 0.6 is 0 Å². The summed E-state index contributed by atoms with van der Waals surface area (Å²) >= 11 is 0. The van der Waals surface area contributed by atoms with Gasteiger partial charge >= 0.3 is 0 Å². The van der Waals surface area contributed by atoms with Gasteiger partial charge in [-0.2, -0.15) is 0 Å². The van der Waals surface area contributed by atoms with E-state index in [1.54, 1.807) is 12.1 Å². The highest BCUT2D eigenvalue weighted by Crippen LogP contribution is 2.40. The SMILES string of the molecule is CCNc1cc(C2CC2)nc(-c2ccc(F)cc2)n1. The normalized spacial score (nSPS) is 14.4. The molecular weight excluding hydrogens is 241 g/mol. The molecule has 98 valence electrons. The maximum absolute atomic E-state index is 13.0. The lowest BCUT2D eigenvalue weighted by atomic mass is 10.2. The van der Waals surface area contributed by atoms with E-state index in [4.69, 9.17) is 0 Å². The number of anilines is 1. The van der Waals surface area contributed by atoms with Crippen molar-refractivity contribution in [3.63, 3.8) is 0 Å². The topological polar surface area (TPSA) is 37.8 Å². The maximum Gasteiger partial charge on any atom is 0.161 e. The molecule has 1 fully saturated rings. The van der Waals surface area contributed by atoms with Gasteiger partial charge in [-0.25, -0.2) is 14.4 Å². The van der Waals surface area contributed by atoms with Crippen LogP contribution in [-0.2, 0) is 0 Å². The lowest BCUT2D eigenvalue weighted by molar-refractivity contribution is 0.628. The number of hydrogen-bond acceptors (Lipinski definition) is 3. The van der Waals surface area contributed by atoms with Crippen LogP contribution in [0.25, 0.3) is 11.4 Å². The average molecular weight is 257 g/mol. The van der Waals surface area contributed by atoms with E-state index >= 15 is 0 Å². The Morgan fingerprint density at radius 1 is 1.21 bits per heavy atom. The summed E-state index contributed by atoms with van der Waals surface area (Å²) in [5, 5.41) is 3.23. The molecule has 1 aromatic carbocycles. The summed E-state index contributed by atoms with van der Waals surface area (Å²) in [6.45, 7) is 2.86. The van der Waals surface area contributed by atoms with E-state index in [2.05, 4.69) is 15.3 Å². The summed E-state index contributed by atoms with van der Waals surface area (Å²) in [7, 11) is 0. The van der Waals surface area contributed by atoms with Crippen LogP contribution in [0.4, 0.5) is 10.2 Å². The minimum atomic E-state index is -0.242. The second-order valence-corrected chi connectivity index (χ2v) is 4.81. The molecule has 3 rings (SSSR count). The molecule has 0 amide bonds. The second-order valence-electron chi connectivity index (χ2n) is 4.81. The molecule has 1 saturated carbocycles. The van der Waals surface area contributed by atoms with Gasteiger partial charge in [-0.3, -0.25) is 0 Å². The van der Waals surface area contributed by atoms with Crippen molar-refractivity contribution >= 4 is 5.82 Å². The van der Waals surface area contributed by atoms with Gasteiger partial charge in [0, 0.05) is 29.8 Å². The first kappa shape index (κ1) is 12.1. The Hall–Kier alpha value is -1.97. The number of benzene rings is 1. The predicted molar refractivity (Wildman–Crippen MR) is 73.6 cm³/mol. The Morgan fingerprint density at radius 3 is 2.58 bits per heavy atom. The maximum atomic E-state index is 13.0. The Kier molecular flexibility index (Phi) is 3.15. The second kappa shape index (κ2) is 4.96. The van der Waals surface area contributed by atoms with Crippen LogP contribution in [0.2, 0.25) is 0 Å². The number of hydrogen-bond donors (Lipinski definition) is 1. The molecular formula is C15H16FN3. The highest BCUT2D eigenvalue weighted by molar-refractivity contribution is 5.58. The zero-order valence-corrected chi connectivity index (χ0v) is 10.9. The third-order valence-electron chi connectivity index (χ3n) is 3.20. The minimum Gasteiger partial charge on any atom is -0.370 e. The summed E-state index contributed by atoms with van der Waals surface area (Å²) in [6.07, 6.45) is 2.40. The van der Waals surface area contributed by atoms with Crippen molar-refractivity contribution in [1.82, 2.24) is 9.97 Å². The molecule has 19 heavy (non-hydrogen) atoms. The molecule has 0 bridgehead atoms. The molecule has 0 radical (unpaired) electrons. The summed E-state index contributed by atoms with van der Waals surface area (Å²) in [6, 6.07) is 8.34. The number of nitrogens with one attached hydrogen (secondary N) is 1. The highest BCUT2D eigenvalue weighted by Gasteiger charge is 2.26. The van der Waals surface area contributed by atoms with Crippen LogP contribution in [0.15, 0.2) is 30.3 Å². The molecule has 1 heterocycles. The van der Waals surface area contributed by atoms with Gasteiger partial charge in [-0.1, -0.05) is 0 Å². The third kappa shape index (κ3) is 2.72. The number of halogens is 1. The van der Waals surface area contributed by atoms with Crippen molar-refractivity contribution in [3.8, 4) is 11.4 Å². The number of rotatable bonds is 4. The van der Waals surface area contributed by atoms with Gasteiger partial charge in [0.05, 0.1) is 0 Å².